The van der Waals surface area contributed by atoms with Gasteiger partial charge in [0.2, 0.25) is 5.91 Å². The minimum Gasteiger partial charge on any atom is -0.478 e. The highest BCUT2D eigenvalue weighted by Crippen LogP contribution is 2.32. The summed E-state index contributed by atoms with van der Waals surface area (Å²) < 4.78 is 0. The first kappa shape index (κ1) is 20.6. The summed E-state index contributed by atoms with van der Waals surface area (Å²) in [5.74, 6) is -2.17. The number of hydrogen-bond acceptors (Lipinski definition) is 5. The van der Waals surface area contributed by atoms with Crippen LogP contribution in [0, 0.1) is 6.92 Å². The summed E-state index contributed by atoms with van der Waals surface area (Å²) >= 11 is 6.74. The topological polar surface area (TPSA) is 104 Å². The lowest BCUT2D eigenvalue weighted by Gasteiger charge is -2.13. The molecule has 9 heteroatoms. The summed E-state index contributed by atoms with van der Waals surface area (Å²) in [7, 11) is 0. The van der Waals surface area contributed by atoms with Crippen LogP contribution >= 0.6 is 23.4 Å². The highest BCUT2D eigenvalue weighted by molar-refractivity contribution is 8.18. The summed E-state index contributed by atoms with van der Waals surface area (Å²) in [6.07, 6.45) is 1.48. The molecule has 7 nitrogen and oxygen atoms in total. The molecule has 3 amide bonds. The average Bonchev–Trinajstić information content (AvgIpc) is 2.92. The van der Waals surface area contributed by atoms with Crippen molar-refractivity contribution in [1.29, 1.82) is 0 Å². The number of carbonyl (C=O) groups is 4. The van der Waals surface area contributed by atoms with Gasteiger partial charge in [0.25, 0.3) is 11.1 Å². The Balaban J connectivity index is 1.68. The van der Waals surface area contributed by atoms with Crippen LogP contribution in [0.2, 0.25) is 5.02 Å². The van der Waals surface area contributed by atoms with E-state index < -0.39 is 29.6 Å². The van der Waals surface area contributed by atoms with Gasteiger partial charge < -0.3 is 10.4 Å². The quantitative estimate of drug-likeness (QED) is 0.694. The van der Waals surface area contributed by atoms with E-state index in [0.29, 0.717) is 16.3 Å². The van der Waals surface area contributed by atoms with Gasteiger partial charge in [0.15, 0.2) is 0 Å². The Morgan fingerprint density at radius 2 is 1.86 bits per heavy atom. The zero-order chi connectivity index (χ0) is 21.1. The van der Waals surface area contributed by atoms with Crippen LogP contribution in [-0.4, -0.2) is 39.6 Å². The van der Waals surface area contributed by atoms with Gasteiger partial charge in [-0.3, -0.25) is 19.3 Å². The molecule has 1 heterocycles. The molecule has 0 bridgehead atoms. The van der Waals surface area contributed by atoms with Gasteiger partial charge in [0, 0.05) is 10.7 Å². The molecule has 2 N–H and O–H groups in total. The van der Waals surface area contributed by atoms with E-state index in [1.165, 1.54) is 30.3 Å². The van der Waals surface area contributed by atoms with Gasteiger partial charge >= 0.3 is 5.97 Å². The number of carboxylic acid groups (broad SMARTS) is 1. The van der Waals surface area contributed by atoms with Crippen molar-refractivity contribution in [3.05, 3.63) is 69.1 Å². The van der Waals surface area contributed by atoms with Crippen molar-refractivity contribution in [3.63, 3.8) is 0 Å². The number of aryl methyl sites for hydroxylation is 1. The van der Waals surface area contributed by atoms with Gasteiger partial charge in [0.05, 0.1) is 10.5 Å². The fraction of sp³-hybridized carbons (Fsp3) is 0.100. The van der Waals surface area contributed by atoms with Gasteiger partial charge in [-0.15, -0.1) is 0 Å². The van der Waals surface area contributed by atoms with Crippen LogP contribution in [0.1, 0.15) is 21.5 Å². The SMILES string of the molecule is Cc1ccc(NC(=O)CN2C(=O)SC(=Cc3ccc(C(=O)O)cc3)C2=O)cc1Cl. The molecule has 0 saturated carbocycles. The molecule has 2 aromatic carbocycles. The minimum absolute atomic E-state index is 0.114. The first-order valence-electron chi connectivity index (χ1n) is 8.39. The van der Waals surface area contributed by atoms with Crippen LogP contribution in [0.5, 0.6) is 0 Å². The third-order valence-electron chi connectivity index (χ3n) is 4.09. The number of amides is 3. The standard InChI is InChI=1S/C20H15ClN2O5S/c1-11-2-7-14(9-15(11)21)22-17(24)10-23-18(25)16(29-20(23)28)8-12-3-5-13(6-4-12)19(26)27/h2-9H,10H2,1H3,(H,22,24)(H,26,27). The number of rotatable bonds is 5. The van der Waals surface area contributed by atoms with Crippen molar-refractivity contribution >= 4 is 58.1 Å². The molecule has 1 aliphatic rings. The average molecular weight is 431 g/mol. The van der Waals surface area contributed by atoms with Crippen LogP contribution < -0.4 is 5.32 Å². The molecule has 0 spiro atoms. The molecular formula is C20H15ClN2O5S. The van der Waals surface area contributed by atoms with Crippen molar-refractivity contribution in [1.82, 2.24) is 4.90 Å². The van der Waals surface area contributed by atoms with Crippen LogP contribution in [0.3, 0.4) is 0 Å². The van der Waals surface area contributed by atoms with Crippen LogP contribution in [0.4, 0.5) is 10.5 Å². The second kappa shape index (κ2) is 8.50. The number of anilines is 1. The van der Waals surface area contributed by atoms with Gasteiger partial charge in [-0.2, -0.15) is 0 Å². The second-order valence-corrected chi connectivity index (χ2v) is 7.61. The number of nitrogens with one attached hydrogen (secondary N) is 1. The van der Waals surface area contributed by atoms with E-state index in [9.17, 15) is 19.2 Å². The van der Waals surface area contributed by atoms with Crippen molar-refractivity contribution in [3.8, 4) is 0 Å². The molecule has 29 heavy (non-hydrogen) atoms. The number of imide groups is 1. The lowest BCUT2D eigenvalue weighted by molar-refractivity contribution is -0.127. The van der Waals surface area contributed by atoms with Crippen LogP contribution in [0.25, 0.3) is 6.08 Å². The molecule has 0 unspecified atom stereocenters. The van der Waals surface area contributed by atoms with Gasteiger partial charge in [-0.05, 0) is 60.2 Å². The summed E-state index contributed by atoms with van der Waals surface area (Å²) in [4.78, 5) is 48.8. The first-order chi connectivity index (χ1) is 13.7. The zero-order valence-electron chi connectivity index (χ0n) is 15.1. The number of carbonyl (C=O) groups excluding carboxylic acids is 3. The Bertz CT molecular complexity index is 1050. The third kappa shape index (κ3) is 4.85. The van der Waals surface area contributed by atoms with Crippen molar-refractivity contribution in [2.75, 3.05) is 11.9 Å². The van der Waals surface area contributed by atoms with Crippen molar-refractivity contribution < 1.29 is 24.3 Å². The molecule has 3 rings (SSSR count). The molecule has 1 fully saturated rings. The smallest absolute Gasteiger partial charge is 0.335 e. The van der Waals surface area contributed by atoms with Gasteiger partial charge in [0.1, 0.15) is 6.54 Å². The largest absolute Gasteiger partial charge is 0.478 e. The Morgan fingerprint density at radius 3 is 2.48 bits per heavy atom. The molecule has 1 aliphatic heterocycles. The predicted molar refractivity (Wildman–Crippen MR) is 111 cm³/mol. The van der Waals surface area contributed by atoms with E-state index >= 15 is 0 Å². The van der Waals surface area contributed by atoms with Gasteiger partial charge in [-0.1, -0.05) is 29.8 Å². The Kier molecular flexibility index (Phi) is 6.05. The molecule has 2 aromatic rings. The Labute approximate surface area is 175 Å². The number of halogens is 1. The normalized spacial score (nSPS) is 15.1. The maximum atomic E-state index is 12.5. The Hall–Kier alpha value is -3.10. The van der Waals surface area contributed by atoms with E-state index in [4.69, 9.17) is 16.7 Å². The number of hydrogen-bond donors (Lipinski definition) is 2. The monoisotopic (exact) mass is 430 g/mol. The fourth-order valence-corrected chi connectivity index (χ4v) is 3.54. The Morgan fingerprint density at radius 1 is 1.17 bits per heavy atom. The maximum absolute atomic E-state index is 12.5. The van der Waals surface area contributed by atoms with Gasteiger partial charge in [-0.25, -0.2) is 4.79 Å². The second-order valence-electron chi connectivity index (χ2n) is 6.21. The number of nitrogens with zero attached hydrogens (tertiary/aromatic N) is 1. The highest BCUT2D eigenvalue weighted by atomic mass is 35.5. The minimum atomic E-state index is -1.06. The summed E-state index contributed by atoms with van der Waals surface area (Å²) in [5, 5.41) is 11.5. The summed E-state index contributed by atoms with van der Waals surface area (Å²) in [6, 6.07) is 10.9. The molecule has 148 valence electrons. The van der Waals surface area contributed by atoms with E-state index in [2.05, 4.69) is 5.32 Å². The molecule has 0 aliphatic carbocycles. The molecule has 0 radical (unpaired) electrons. The zero-order valence-corrected chi connectivity index (χ0v) is 16.7. The highest BCUT2D eigenvalue weighted by Gasteiger charge is 2.36. The van der Waals surface area contributed by atoms with Crippen LogP contribution in [0.15, 0.2) is 47.4 Å². The van der Waals surface area contributed by atoms with E-state index in [0.717, 1.165) is 22.2 Å². The number of carboxylic acids is 1. The lowest BCUT2D eigenvalue weighted by Crippen LogP contribution is -2.36. The number of aromatic carboxylic acids is 1. The predicted octanol–water partition coefficient (Wildman–Crippen LogP) is 4.02. The summed E-state index contributed by atoms with van der Waals surface area (Å²) in [6.45, 7) is 1.40. The lowest BCUT2D eigenvalue weighted by atomic mass is 10.1. The molecule has 1 saturated heterocycles. The molecule has 0 atom stereocenters. The van der Waals surface area contributed by atoms with E-state index in [1.807, 2.05) is 6.92 Å². The van der Waals surface area contributed by atoms with E-state index in [1.54, 1.807) is 18.2 Å². The maximum Gasteiger partial charge on any atom is 0.335 e. The number of thioether (sulfide) groups is 1. The molecular weight excluding hydrogens is 416 g/mol. The van der Waals surface area contributed by atoms with Crippen LogP contribution in [-0.2, 0) is 9.59 Å². The third-order valence-corrected chi connectivity index (χ3v) is 5.40. The first-order valence-corrected chi connectivity index (χ1v) is 9.59. The summed E-state index contributed by atoms with van der Waals surface area (Å²) in [5.41, 5.74) is 2.01. The van der Waals surface area contributed by atoms with E-state index in [-0.39, 0.29) is 10.5 Å². The number of benzene rings is 2. The van der Waals surface area contributed by atoms with Crippen molar-refractivity contribution in [2.24, 2.45) is 0 Å². The fourth-order valence-electron chi connectivity index (χ4n) is 2.52. The molecule has 0 aromatic heterocycles. The van der Waals surface area contributed by atoms with Crippen molar-refractivity contribution in [2.45, 2.75) is 6.92 Å².